The summed E-state index contributed by atoms with van der Waals surface area (Å²) < 4.78 is 5.35. The first kappa shape index (κ1) is 20.8. The molecule has 1 aromatic rings. The minimum atomic E-state index is -1.05. The SMILES string of the molecule is CC(C)(C)OC(=O)N1CCN(NC(C(=O)O)c2ccc(Cl)cc2Cl)CC1. The van der Waals surface area contributed by atoms with Gasteiger partial charge in [0, 0.05) is 41.8 Å². The summed E-state index contributed by atoms with van der Waals surface area (Å²) in [5.41, 5.74) is 2.85. The van der Waals surface area contributed by atoms with E-state index in [1.807, 2.05) is 20.8 Å². The molecule has 0 radical (unpaired) electrons. The summed E-state index contributed by atoms with van der Waals surface area (Å²) in [5, 5.41) is 12.0. The smallest absolute Gasteiger partial charge is 0.410 e. The van der Waals surface area contributed by atoms with Gasteiger partial charge < -0.3 is 14.7 Å². The molecule has 2 N–H and O–H groups in total. The Balaban J connectivity index is 1.98. The van der Waals surface area contributed by atoms with Crippen LogP contribution in [0.2, 0.25) is 10.0 Å². The van der Waals surface area contributed by atoms with Gasteiger partial charge in [0.25, 0.3) is 0 Å². The number of hydrogen-bond acceptors (Lipinski definition) is 5. The number of benzene rings is 1. The van der Waals surface area contributed by atoms with Crippen LogP contribution < -0.4 is 5.43 Å². The summed E-state index contributed by atoms with van der Waals surface area (Å²) in [4.78, 5) is 25.4. The van der Waals surface area contributed by atoms with Crippen molar-refractivity contribution in [3.63, 3.8) is 0 Å². The Hall–Kier alpha value is -1.54. The summed E-state index contributed by atoms with van der Waals surface area (Å²) in [6, 6.07) is 3.69. The molecule has 1 amide bonds. The van der Waals surface area contributed by atoms with Crippen molar-refractivity contribution in [3.8, 4) is 0 Å². The van der Waals surface area contributed by atoms with E-state index in [1.54, 1.807) is 22.0 Å². The number of ether oxygens (including phenoxy) is 1. The molecule has 7 nitrogen and oxygen atoms in total. The highest BCUT2D eigenvalue weighted by atomic mass is 35.5. The fourth-order valence-corrected chi connectivity index (χ4v) is 3.04. The maximum absolute atomic E-state index is 12.1. The molecule has 1 aliphatic rings. The summed E-state index contributed by atoms with van der Waals surface area (Å²) in [5.74, 6) is -1.05. The monoisotopic (exact) mass is 403 g/mol. The maximum atomic E-state index is 12.1. The molecule has 1 aromatic carbocycles. The van der Waals surface area contributed by atoms with Crippen LogP contribution in [-0.4, -0.2) is 58.9 Å². The lowest BCUT2D eigenvalue weighted by atomic mass is 10.1. The first-order valence-corrected chi connectivity index (χ1v) is 8.99. The lowest BCUT2D eigenvalue weighted by Gasteiger charge is -2.37. The first-order valence-electron chi connectivity index (χ1n) is 8.23. The third-order valence-electron chi connectivity index (χ3n) is 3.76. The maximum Gasteiger partial charge on any atom is 0.410 e. The van der Waals surface area contributed by atoms with Gasteiger partial charge in [0.05, 0.1) is 0 Å². The highest BCUT2D eigenvalue weighted by Crippen LogP contribution is 2.27. The van der Waals surface area contributed by atoms with E-state index in [9.17, 15) is 14.7 Å². The number of piperazine rings is 1. The van der Waals surface area contributed by atoms with Gasteiger partial charge in [-0.3, -0.25) is 4.79 Å². The molecule has 144 valence electrons. The number of carbonyl (C=O) groups is 2. The van der Waals surface area contributed by atoms with Gasteiger partial charge in [0.2, 0.25) is 0 Å². The molecule has 1 atom stereocenters. The summed E-state index contributed by atoms with van der Waals surface area (Å²) >= 11 is 12.0. The number of hydrazine groups is 1. The second kappa shape index (κ2) is 8.43. The van der Waals surface area contributed by atoms with Gasteiger partial charge in [-0.2, -0.15) is 0 Å². The number of rotatable bonds is 4. The van der Waals surface area contributed by atoms with Crippen molar-refractivity contribution in [1.82, 2.24) is 15.3 Å². The largest absolute Gasteiger partial charge is 0.480 e. The fourth-order valence-electron chi connectivity index (χ4n) is 2.52. The number of nitrogens with zero attached hydrogens (tertiary/aromatic N) is 2. The first-order chi connectivity index (χ1) is 12.1. The number of amides is 1. The molecule has 9 heteroatoms. The number of hydrogen-bond donors (Lipinski definition) is 2. The molecular weight excluding hydrogens is 381 g/mol. The number of carboxylic acid groups (broad SMARTS) is 1. The van der Waals surface area contributed by atoms with Crippen molar-refractivity contribution in [2.75, 3.05) is 26.2 Å². The van der Waals surface area contributed by atoms with E-state index in [2.05, 4.69) is 5.43 Å². The van der Waals surface area contributed by atoms with Crippen LogP contribution >= 0.6 is 23.2 Å². The van der Waals surface area contributed by atoms with Crippen LogP contribution in [0.25, 0.3) is 0 Å². The van der Waals surface area contributed by atoms with Crippen LogP contribution in [0, 0.1) is 0 Å². The van der Waals surface area contributed by atoms with Crippen LogP contribution in [0.1, 0.15) is 32.4 Å². The third-order valence-corrected chi connectivity index (χ3v) is 4.33. The third kappa shape index (κ3) is 5.74. The molecule has 0 aromatic heterocycles. The molecule has 0 spiro atoms. The van der Waals surface area contributed by atoms with Crippen molar-refractivity contribution in [2.24, 2.45) is 0 Å². The van der Waals surface area contributed by atoms with Crippen LogP contribution in [0.5, 0.6) is 0 Å². The zero-order valence-corrected chi connectivity index (χ0v) is 16.5. The van der Waals surface area contributed by atoms with Gasteiger partial charge in [-0.1, -0.05) is 29.3 Å². The molecule has 2 rings (SSSR count). The number of halogens is 2. The van der Waals surface area contributed by atoms with Crippen LogP contribution in [0.3, 0.4) is 0 Å². The topological polar surface area (TPSA) is 82.1 Å². The van der Waals surface area contributed by atoms with Gasteiger partial charge >= 0.3 is 12.1 Å². The fraction of sp³-hybridized carbons (Fsp3) is 0.529. The van der Waals surface area contributed by atoms with Crippen molar-refractivity contribution < 1.29 is 19.4 Å². The second-order valence-corrected chi connectivity index (χ2v) is 7.86. The van der Waals surface area contributed by atoms with Crippen molar-refractivity contribution in [3.05, 3.63) is 33.8 Å². The average Bonchev–Trinajstić information content (AvgIpc) is 2.52. The molecule has 26 heavy (non-hydrogen) atoms. The lowest BCUT2D eigenvalue weighted by Crippen LogP contribution is -2.55. The predicted molar refractivity (Wildman–Crippen MR) is 99.4 cm³/mol. The minimum absolute atomic E-state index is 0.282. The highest BCUT2D eigenvalue weighted by molar-refractivity contribution is 6.35. The summed E-state index contributed by atoms with van der Waals surface area (Å²) in [6.45, 7) is 7.25. The van der Waals surface area contributed by atoms with Gasteiger partial charge in [-0.05, 0) is 32.9 Å². The number of carboxylic acids is 1. The van der Waals surface area contributed by atoms with Gasteiger partial charge in [-0.25, -0.2) is 15.2 Å². The second-order valence-electron chi connectivity index (χ2n) is 7.02. The lowest BCUT2D eigenvalue weighted by molar-refractivity contribution is -0.141. The highest BCUT2D eigenvalue weighted by Gasteiger charge is 2.29. The van der Waals surface area contributed by atoms with Crippen LogP contribution in [0.4, 0.5) is 4.79 Å². The van der Waals surface area contributed by atoms with E-state index < -0.39 is 17.6 Å². The van der Waals surface area contributed by atoms with E-state index in [4.69, 9.17) is 27.9 Å². The molecule has 1 heterocycles. The van der Waals surface area contributed by atoms with Gasteiger partial charge in [0.1, 0.15) is 11.6 Å². The Morgan fingerprint density at radius 3 is 2.31 bits per heavy atom. The predicted octanol–water partition coefficient (Wildman–Crippen LogP) is 3.18. The number of nitrogens with one attached hydrogen (secondary N) is 1. The molecule has 1 saturated heterocycles. The Kier molecular flexibility index (Phi) is 6.74. The number of carbonyl (C=O) groups excluding carboxylic acids is 1. The Labute approximate surface area is 162 Å². The van der Waals surface area contributed by atoms with E-state index in [0.29, 0.717) is 36.8 Å². The zero-order chi connectivity index (χ0) is 19.5. The Bertz CT molecular complexity index is 670. The summed E-state index contributed by atoms with van der Waals surface area (Å²) in [7, 11) is 0. The Morgan fingerprint density at radius 1 is 1.19 bits per heavy atom. The summed E-state index contributed by atoms with van der Waals surface area (Å²) in [6.07, 6.45) is -0.368. The Morgan fingerprint density at radius 2 is 1.81 bits per heavy atom. The quantitative estimate of drug-likeness (QED) is 0.802. The van der Waals surface area contributed by atoms with E-state index in [1.165, 1.54) is 6.07 Å². The standard InChI is InChI=1S/C17H23Cl2N3O4/c1-17(2,3)26-16(25)21-6-8-22(9-7-21)20-14(15(23)24)12-5-4-11(18)10-13(12)19/h4-5,10,14,20H,6-9H2,1-3H3,(H,23,24). The van der Waals surface area contributed by atoms with Crippen molar-refractivity contribution >= 4 is 35.3 Å². The van der Waals surface area contributed by atoms with E-state index in [-0.39, 0.29) is 11.1 Å². The molecule has 1 fully saturated rings. The zero-order valence-electron chi connectivity index (χ0n) is 15.0. The molecular formula is C17H23Cl2N3O4. The van der Waals surface area contributed by atoms with Gasteiger partial charge in [0.15, 0.2) is 0 Å². The minimum Gasteiger partial charge on any atom is -0.480 e. The molecule has 1 aliphatic heterocycles. The molecule has 0 bridgehead atoms. The van der Waals surface area contributed by atoms with Gasteiger partial charge in [-0.15, -0.1) is 0 Å². The average molecular weight is 404 g/mol. The number of aliphatic carboxylic acids is 1. The molecule has 0 aliphatic carbocycles. The normalized spacial score (nSPS) is 17.0. The van der Waals surface area contributed by atoms with Crippen molar-refractivity contribution in [1.29, 1.82) is 0 Å². The molecule has 1 unspecified atom stereocenters. The van der Waals surface area contributed by atoms with E-state index in [0.717, 1.165) is 0 Å². The van der Waals surface area contributed by atoms with Crippen molar-refractivity contribution in [2.45, 2.75) is 32.4 Å². The van der Waals surface area contributed by atoms with E-state index >= 15 is 0 Å². The molecule has 0 saturated carbocycles. The van der Waals surface area contributed by atoms with Crippen LogP contribution in [-0.2, 0) is 9.53 Å². The van der Waals surface area contributed by atoms with Crippen LogP contribution in [0.15, 0.2) is 18.2 Å².